The summed E-state index contributed by atoms with van der Waals surface area (Å²) in [4.78, 5) is 23.4. The SMILES string of the molecule is CC(Oc1coc(CO)cc1=O)C(=O)NC(C)(C)C. The first-order chi connectivity index (χ1) is 8.73. The van der Waals surface area contributed by atoms with Crippen molar-refractivity contribution in [1.82, 2.24) is 5.32 Å². The first kappa shape index (κ1) is 15.2. The van der Waals surface area contributed by atoms with Gasteiger partial charge in [0.25, 0.3) is 5.91 Å². The first-order valence-electron chi connectivity index (χ1n) is 5.94. The fourth-order valence-electron chi connectivity index (χ4n) is 1.32. The molecular formula is C13H19NO5. The highest BCUT2D eigenvalue weighted by molar-refractivity contribution is 5.81. The molecule has 1 rings (SSSR count). The van der Waals surface area contributed by atoms with Crippen molar-refractivity contribution in [2.24, 2.45) is 0 Å². The predicted molar refractivity (Wildman–Crippen MR) is 68.9 cm³/mol. The standard InChI is InChI=1S/C13H19NO5/c1-8(12(17)14-13(2,3)4)19-11-7-18-9(6-15)5-10(11)16/h5,7-8,15H,6H2,1-4H3,(H,14,17). The Balaban J connectivity index is 2.74. The largest absolute Gasteiger partial charge is 0.474 e. The molecule has 1 aromatic heterocycles. The molecule has 19 heavy (non-hydrogen) atoms. The lowest BCUT2D eigenvalue weighted by Crippen LogP contribution is -2.46. The summed E-state index contributed by atoms with van der Waals surface area (Å²) in [6.07, 6.45) is 0.275. The van der Waals surface area contributed by atoms with E-state index in [1.54, 1.807) is 6.92 Å². The highest BCUT2D eigenvalue weighted by Crippen LogP contribution is 2.09. The molecule has 6 heteroatoms. The van der Waals surface area contributed by atoms with E-state index in [9.17, 15) is 9.59 Å². The number of hydrogen-bond donors (Lipinski definition) is 2. The molecule has 1 atom stereocenters. The van der Waals surface area contributed by atoms with E-state index in [-0.39, 0.29) is 29.6 Å². The van der Waals surface area contributed by atoms with Gasteiger partial charge in [-0.15, -0.1) is 0 Å². The lowest BCUT2D eigenvalue weighted by atomic mass is 10.1. The van der Waals surface area contributed by atoms with Gasteiger partial charge in [0.1, 0.15) is 18.6 Å². The number of carbonyl (C=O) groups is 1. The maximum absolute atomic E-state index is 11.8. The van der Waals surface area contributed by atoms with Gasteiger partial charge in [0.15, 0.2) is 6.10 Å². The van der Waals surface area contributed by atoms with E-state index in [0.29, 0.717) is 0 Å². The average molecular weight is 269 g/mol. The van der Waals surface area contributed by atoms with E-state index in [1.807, 2.05) is 20.8 Å². The van der Waals surface area contributed by atoms with E-state index >= 15 is 0 Å². The van der Waals surface area contributed by atoms with Crippen molar-refractivity contribution in [2.45, 2.75) is 45.9 Å². The zero-order valence-electron chi connectivity index (χ0n) is 11.5. The summed E-state index contributed by atoms with van der Waals surface area (Å²) >= 11 is 0. The van der Waals surface area contributed by atoms with Crippen molar-refractivity contribution in [2.75, 3.05) is 0 Å². The van der Waals surface area contributed by atoms with Gasteiger partial charge in [-0.3, -0.25) is 9.59 Å². The first-order valence-corrected chi connectivity index (χ1v) is 5.94. The van der Waals surface area contributed by atoms with Crippen molar-refractivity contribution < 1.29 is 19.1 Å². The number of nitrogens with one attached hydrogen (secondary N) is 1. The normalized spacial score (nSPS) is 12.9. The number of amides is 1. The van der Waals surface area contributed by atoms with Crippen LogP contribution in [0.5, 0.6) is 5.75 Å². The summed E-state index contributed by atoms with van der Waals surface area (Å²) in [5, 5.41) is 11.6. The Morgan fingerprint density at radius 1 is 1.53 bits per heavy atom. The second-order valence-corrected chi connectivity index (χ2v) is 5.23. The van der Waals surface area contributed by atoms with Crippen molar-refractivity contribution in [3.05, 3.63) is 28.3 Å². The van der Waals surface area contributed by atoms with Gasteiger partial charge in [-0.1, -0.05) is 0 Å². The zero-order chi connectivity index (χ0) is 14.6. The molecule has 0 radical (unpaired) electrons. The van der Waals surface area contributed by atoms with Crippen molar-refractivity contribution in [1.29, 1.82) is 0 Å². The number of aliphatic hydroxyl groups excluding tert-OH is 1. The molecule has 0 saturated carbocycles. The van der Waals surface area contributed by atoms with Gasteiger partial charge < -0.3 is 19.6 Å². The Hall–Kier alpha value is -1.82. The van der Waals surface area contributed by atoms with Gasteiger partial charge in [0.05, 0.1) is 0 Å². The molecule has 0 bridgehead atoms. The topological polar surface area (TPSA) is 88.8 Å². The third kappa shape index (κ3) is 4.75. The molecule has 0 aromatic carbocycles. The van der Waals surface area contributed by atoms with Gasteiger partial charge in [-0.2, -0.15) is 0 Å². The average Bonchev–Trinajstić information content (AvgIpc) is 2.29. The van der Waals surface area contributed by atoms with E-state index in [2.05, 4.69) is 5.32 Å². The molecule has 106 valence electrons. The summed E-state index contributed by atoms with van der Waals surface area (Å²) in [5.41, 5.74) is -0.814. The lowest BCUT2D eigenvalue weighted by Gasteiger charge is -2.23. The van der Waals surface area contributed by atoms with Gasteiger partial charge in [0.2, 0.25) is 11.2 Å². The maximum Gasteiger partial charge on any atom is 0.261 e. The summed E-state index contributed by atoms with van der Waals surface area (Å²) in [5.74, 6) is -0.240. The van der Waals surface area contributed by atoms with E-state index in [4.69, 9.17) is 14.3 Å². The quantitative estimate of drug-likeness (QED) is 0.844. The van der Waals surface area contributed by atoms with Crippen molar-refractivity contribution >= 4 is 5.91 Å². The molecule has 0 aliphatic heterocycles. The van der Waals surface area contributed by atoms with Gasteiger partial charge >= 0.3 is 0 Å². The highest BCUT2D eigenvalue weighted by Gasteiger charge is 2.21. The van der Waals surface area contributed by atoms with Gasteiger partial charge in [-0.05, 0) is 27.7 Å². The molecule has 1 heterocycles. The number of rotatable bonds is 4. The molecule has 6 nitrogen and oxygen atoms in total. The van der Waals surface area contributed by atoms with Crippen LogP contribution < -0.4 is 15.5 Å². The Kier molecular flexibility index (Phi) is 4.72. The molecule has 0 saturated heterocycles. The number of carbonyl (C=O) groups excluding carboxylic acids is 1. The van der Waals surface area contributed by atoms with Crippen molar-refractivity contribution in [3.8, 4) is 5.75 Å². The van der Waals surface area contributed by atoms with Gasteiger partial charge in [-0.25, -0.2) is 0 Å². The van der Waals surface area contributed by atoms with Crippen LogP contribution in [0.4, 0.5) is 0 Å². The third-order valence-corrected chi connectivity index (χ3v) is 2.18. The molecule has 1 unspecified atom stereocenters. The number of ether oxygens (including phenoxy) is 1. The van der Waals surface area contributed by atoms with Crippen LogP contribution in [0.25, 0.3) is 0 Å². The number of aliphatic hydroxyl groups is 1. The minimum absolute atomic E-state index is 0.0613. The second-order valence-electron chi connectivity index (χ2n) is 5.23. The lowest BCUT2D eigenvalue weighted by molar-refractivity contribution is -0.128. The minimum Gasteiger partial charge on any atom is -0.474 e. The number of hydrogen-bond acceptors (Lipinski definition) is 5. The fraction of sp³-hybridized carbons (Fsp3) is 0.538. The van der Waals surface area contributed by atoms with E-state index < -0.39 is 11.5 Å². The predicted octanol–water partition coefficient (Wildman–Crippen LogP) is 0.814. The molecule has 1 amide bonds. The minimum atomic E-state index is -0.817. The zero-order valence-corrected chi connectivity index (χ0v) is 11.5. The van der Waals surface area contributed by atoms with Gasteiger partial charge in [0, 0.05) is 11.6 Å². The highest BCUT2D eigenvalue weighted by atomic mass is 16.5. The van der Waals surface area contributed by atoms with Crippen LogP contribution in [0.3, 0.4) is 0 Å². The Bertz CT molecular complexity index is 500. The Morgan fingerprint density at radius 3 is 2.63 bits per heavy atom. The molecule has 0 aliphatic rings. The Morgan fingerprint density at radius 2 is 2.16 bits per heavy atom. The van der Waals surface area contributed by atoms with Crippen LogP contribution in [0.1, 0.15) is 33.5 Å². The molecular weight excluding hydrogens is 250 g/mol. The third-order valence-electron chi connectivity index (χ3n) is 2.18. The molecule has 0 aliphatic carbocycles. The summed E-state index contributed by atoms with van der Waals surface area (Å²) in [7, 11) is 0. The Labute approximate surface area is 111 Å². The molecule has 0 spiro atoms. The van der Waals surface area contributed by atoms with Crippen molar-refractivity contribution in [3.63, 3.8) is 0 Å². The van der Waals surface area contributed by atoms with Crippen LogP contribution in [-0.2, 0) is 11.4 Å². The molecule has 2 N–H and O–H groups in total. The van der Waals surface area contributed by atoms with E-state index in [0.717, 1.165) is 12.3 Å². The van der Waals surface area contributed by atoms with Crippen LogP contribution in [0.2, 0.25) is 0 Å². The fourth-order valence-corrected chi connectivity index (χ4v) is 1.32. The van der Waals surface area contributed by atoms with Crippen LogP contribution in [0, 0.1) is 0 Å². The van der Waals surface area contributed by atoms with Crippen LogP contribution >= 0.6 is 0 Å². The monoisotopic (exact) mass is 269 g/mol. The second kappa shape index (κ2) is 5.88. The van der Waals surface area contributed by atoms with Crippen LogP contribution in [-0.4, -0.2) is 22.7 Å². The summed E-state index contributed by atoms with van der Waals surface area (Å²) in [6, 6.07) is 1.13. The smallest absolute Gasteiger partial charge is 0.261 e. The summed E-state index contributed by atoms with van der Waals surface area (Å²) in [6.45, 7) is 6.72. The molecule has 1 aromatic rings. The summed E-state index contributed by atoms with van der Waals surface area (Å²) < 4.78 is 10.2. The van der Waals surface area contributed by atoms with E-state index in [1.165, 1.54) is 0 Å². The molecule has 0 fully saturated rings. The van der Waals surface area contributed by atoms with Crippen LogP contribution in [0.15, 0.2) is 21.5 Å². The maximum atomic E-state index is 11.8.